The van der Waals surface area contributed by atoms with E-state index in [0.29, 0.717) is 17.8 Å². The van der Waals surface area contributed by atoms with Gasteiger partial charge in [-0.2, -0.15) is 5.10 Å². The standard InChI is InChI=1S/C17H14N4O2S/c22-17(12-11-19-21-9-4-8-18-16(12)21)23-10-3-7-15-20-13-5-1-2-6-14(13)24-15/h1-2,4-6,8-9,11H,3,7,10H2. The summed E-state index contributed by atoms with van der Waals surface area (Å²) in [6, 6.07) is 9.82. The predicted octanol–water partition coefficient (Wildman–Crippen LogP) is 3.13. The van der Waals surface area contributed by atoms with Crippen molar-refractivity contribution in [1.82, 2.24) is 19.6 Å². The van der Waals surface area contributed by atoms with Crippen molar-refractivity contribution in [3.05, 3.63) is 59.5 Å². The number of fused-ring (bicyclic) bond motifs is 2. The molecule has 1 aromatic carbocycles. The minimum atomic E-state index is -0.395. The van der Waals surface area contributed by atoms with Gasteiger partial charge in [0, 0.05) is 18.8 Å². The SMILES string of the molecule is O=C(OCCCc1nc2ccccc2s1)c1cnn2cccnc12. The highest BCUT2D eigenvalue weighted by Gasteiger charge is 2.14. The van der Waals surface area contributed by atoms with Crippen molar-refractivity contribution in [3.63, 3.8) is 0 Å². The zero-order chi connectivity index (χ0) is 16.4. The molecule has 0 fully saturated rings. The molecule has 0 saturated heterocycles. The van der Waals surface area contributed by atoms with Crippen LogP contribution in [0.1, 0.15) is 21.8 Å². The molecule has 4 aromatic rings. The topological polar surface area (TPSA) is 69.4 Å². The quantitative estimate of drug-likeness (QED) is 0.413. The van der Waals surface area contributed by atoms with E-state index in [2.05, 4.69) is 21.1 Å². The van der Waals surface area contributed by atoms with Crippen LogP contribution >= 0.6 is 11.3 Å². The van der Waals surface area contributed by atoms with Gasteiger partial charge < -0.3 is 4.74 Å². The zero-order valence-electron chi connectivity index (χ0n) is 12.8. The number of ether oxygens (including phenoxy) is 1. The van der Waals surface area contributed by atoms with E-state index in [1.165, 1.54) is 10.9 Å². The average molecular weight is 338 g/mol. The Kier molecular flexibility index (Phi) is 3.92. The van der Waals surface area contributed by atoms with Crippen LogP contribution in [0.3, 0.4) is 0 Å². The first-order valence-corrected chi connectivity index (χ1v) is 8.43. The maximum Gasteiger partial charge on any atom is 0.343 e. The van der Waals surface area contributed by atoms with Gasteiger partial charge in [0.15, 0.2) is 5.65 Å². The van der Waals surface area contributed by atoms with Gasteiger partial charge in [-0.1, -0.05) is 12.1 Å². The average Bonchev–Trinajstić information content (AvgIpc) is 3.22. The summed E-state index contributed by atoms with van der Waals surface area (Å²) in [4.78, 5) is 20.9. The fourth-order valence-corrected chi connectivity index (χ4v) is 3.47. The van der Waals surface area contributed by atoms with E-state index < -0.39 is 5.97 Å². The molecular formula is C17H14N4O2S. The molecule has 0 saturated carbocycles. The maximum atomic E-state index is 12.1. The lowest BCUT2D eigenvalue weighted by molar-refractivity contribution is 0.0502. The van der Waals surface area contributed by atoms with E-state index in [1.807, 2.05) is 18.2 Å². The van der Waals surface area contributed by atoms with Gasteiger partial charge in [-0.15, -0.1) is 11.3 Å². The molecule has 0 unspecified atom stereocenters. The summed E-state index contributed by atoms with van der Waals surface area (Å²) in [5.41, 5.74) is 1.91. The third-order valence-electron chi connectivity index (χ3n) is 3.61. The highest BCUT2D eigenvalue weighted by atomic mass is 32.1. The number of nitrogens with zero attached hydrogens (tertiary/aromatic N) is 4. The second-order valence-corrected chi connectivity index (χ2v) is 6.38. The molecule has 0 aliphatic carbocycles. The van der Waals surface area contributed by atoms with E-state index in [9.17, 15) is 4.79 Å². The summed E-state index contributed by atoms with van der Waals surface area (Å²) in [5, 5.41) is 5.14. The van der Waals surface area contributed by atoms with Gasteiger partial charge in [0.25, 0.3) is 0 Å². The van der Waals surface area contributed by atoms with Crippen molar-refractivity contribution < 1.29 is 9.53 Å². The molecule has 3 aromatic heterocycles. The van der Waals surface area contributed by atoms with E-state index in [-0.39, 0.29) is 0 Å². The second kappa shape index (κ2) is 6.37. The van der Waals surface area contributed by atoms with Crippen molar-refractivity contribution >= 4 is 33.2 Å². The van der Waals surface area contributed by atoms with Crippen LogP contribution in [0.25, 0.3) is 15.9 Å². The number of hydrogen-bond donors (Lipinski definition) is 0. The Hall–Kier alpha value is -2.80. The number of benzene rings is 1. The molecular weight excluding hydrogens is 324 g/mol. The Morgan fingerprint density at radius 1 is 1.25 bits per heavy atom. The van der Waals surface area contributed by atoms with Crippen LogP contribution in [0.4, 0.5) is 0 Å². The number of aromatic nitrogens is 4. The number of rotatable bonds is 5. The number of carbonyl (C=O) groups is 1. The monoisotopic (exact) mass is 338 g/mol. The van der Waals surface area contributed by atoms with Gasteiger partial charge in [-0.3, -0.25) is 0 Å². The Bertz CT molecular complexity index is 975. The molecule has 0 spiro atoms. The third kappa shape index (κ3) is 2.85. The largest absolute Gasteiger partial charge is 0.462 e. The molecule has 0 bridgehead atoms. The number of esters is 1. The normalized spacial score (nSPS) is 11.2. The minimum absolute atomic E-state index is 0.346. The molecule has 6 nitrogen and oxygen atoms in total. The highest BCUT2D eigenvalue weighted by molar-refractivity contribution is 7.18. The van der Waals surface area contributed by atoms with Crippen LogP contribution in [-0.2, 0) is 11.2 Å². The Balaban J connectivity index is 1.34. The van der Waals surface area contributed by atoms with Crippen molar-refractivity contribution in [2.45, 2.75) is 12.8 Å². The van der Waals surface area contributed by atoms with E-state index in [0.717, 1.165) is 23.4 Å². The molecule has 0 atom stereocenters. The minimum Gasteiger partial charge on any atom is -0.462 e. The fraction of sp³-hybridized carbons (Fsp3) is 0.176. The molecule has 0 aliphatic rings. The van der Waals surface area contributed by atoms with Crippen LogP contribution in [-0.4, -0.2) is 32.2 Å². The van der Waals surface area contributed by atoms with Gasteiger partial charge >= 0.3 is 5.97 Å². The lowest BCUT2D eigenvalue weighted by Crippen LogP contribution is -2.07. The van der Waals surface area contributed by atoms with Crippen LogP contribution in [0.5, 0.6) is 0 Å². The highest BCUT2D eigenvalue weighted by Crippen LogP contribution is 2.22. The van der Waals surface area contributed by atoms with Gasteiger partial charge in [-0.25, -0.2) is 19.3 Å². The molecule has 0 N–H and O–H groups in total. The number of carbonyl (C=O) groups excluding carboxylic acids is 1. The summed E-state index contributed by atoms with van der Waals surface area (Å²) in [7, 11) is 0. The van der Waals surface area contributed by atoms with Crippen molar-refractivity contribution in [2.24, 2.45) is 0 Å². The molecule has 0 radical (unpaired) electrons. The molecule has 7 heteroatoms. The maximum absolute atomic E-state index is 12.1. The number of para-hydroxylation sites is 1. The summed E-state index contributed by atoms with van der Waals surface area (Å²) in [5.74, 6) is -0.395. The van der Waals surface area contributed by atoms with E-state index in [4.69, 9.17) is 4.74 Å². The van der Waals surface area contributed by atoms with Crippen LogP contribution in [0.15, 0.2) is 48.9 Å². The summed E-state index contributed by atoms with van der Waals surface area (Å²) in [6.45, 7) is 0.346. The smallest absolute Gasteiger partial charge is 0.343 e. The van der Waals surface area contributed by atoms with Crippen LogP contribution in [0.2, 0.25) is 0 Å². The Morgan fingerprint density at radius 3 is 3.08 bits per heavy atom. The molecule has 0 aliphatic heterocycles. The fourth-order valence-electron chi connectivity index (χ4n) is 2.46. The summed E-state index contributed by atoms with van der Waals surface area (Å²) < 4.78 is 8.07. The summed E-state index contributed by atoms with van der Waals surface area (Å²) in [6.07, 6.45) is 6.38. The van der Waals surface area contributed by atoms with Crippen molar-refractivity contribution in [1.29, 1.82) is 0 Å². The molecule has 4 rings (SSSR count). The molecule has 0 amide bonds. The molecule has 120 valence electrons. The Morgan fingerprint density at radius 2 is 2.17 bits per heavy atom. The third-order valence-corrected chi connectivity index (χ3v) is 4.70. The van der Waals surface area contributed by atoms with Crippen LogP contribution in [0, 0.1) is 0 Å². The van der Waals surface area contributed by atoms with Gasteiger partial charge in [0.2, 0.25) is 0 Å². The molecule has 24 heavy (non-hydrogen) atoms. The second-order valence-electron chi connectivity index (χ2n) is 5.26. The van der Waals surface area contributed by atoms with Crippen LogP contribution < -0.4 is 0 Å². The summed E-state index contributed by atoms with van der Waals surface area (Å²) >= 11 is 1.68. The number of thiazole rings is 1. The first kappa shape index (κ1) is 14.8. The number of hydrogen-bond acceptors (Lipinski definition) is 6. The van der Waals surface area contributed by atoms with Crippen molar-refractivity contribution in [3.8, 4) is 0 Å². The van der Waals surface area contributed by atoms with Gasteiger partial charge in [-0.05, 0) is 24.6 Å². The lowest BCUT2D eigenvalue weighted by Gasteiger charge is -2.02. The first-order valence-electron chi connectivity index (χ1n) is 7.61. The number of aryl methyl sites for hydroxylation is 1. The van der Waals surface area contributed by atoms with Gasteiger partial charge in [0.1, 0.15) is 5.56 Å². The van der Waals surface area contributed by atoms with Crippen molar-refractivity contribution in [2.75, 3.05) is 6.61 Å². The lowest BCUT2D eigenvalue weighted by atomic mass is 10.3. The first-order chi connectivity index (χ1) is 11.8. The predicted molar refractivity (Wildman–Crippen MR) is 91.2 cm³/mol. The van der Waals surface area contributed by atoms with E-state index in [1.54, 1.807) is 34.3 Å². The Labute approximate surface area is 141 Å². The zero-order valence-corrected chi connectivity index (χ0v) is 13.6. The molecule has 3 heterocycles. The van der Waals surface area contributed by atoms with Gasteiger partial charge in [0.05, 0.1) is 28.0 Å². The van der Waals surface area contributed by atoms with E-state index >= 15 is 0 Å².